The summed E-state index contributed by atoms with van der Waals surface area (Å²) in [4.78, 5) is 0. The van der Waals surface area contributed by atoms with Gasteiger partial charge in [0.1, 0.15) is 11.6 Å². The van der Waals surface area contributed by atoms with Crippen molar-refractivity contribution >= 4 is 7.69 Å². The molecule has 0 bridgehead atoms. The quantitative estimate of drug-likeness (QED) is 0.836. The molecule has 0 heterocycles. The first-order valence-corrected chi connectivity index (χ1v) is 5.76. The van der Waals surface area contributed by atoms with E-state index < -0.39 is 0 Å². The number of benzene rings is 2. The van der Waals surface area contributed by atoms with Crippen molar-refractivity contribution < 1.29 is 14.1 Å². The summed E-state index contributed by atoms with van der Waals surface area (Å²) in [5.74, 6) is -0.109. The Hall–Kier alpha value is -1.81. The Balaban J connectivity index is 2.32. The van der Waals surface area contributed by atoms with Crippen LogP contribution >= 0.6 is 0 Å². The molecule has 2 nitrogen and oxygen atoms in total. The minimum Gasteiger partial charge on any atom is -0.537 e. The molecule has 1 N–H and O–H groups in total. The highest BCUT2D eigenvalue weighted by Gasteiger charge is 2.07. The molecule has 4 heteroatoms. The SMILES string of the molecule is CCc1ccc(-c2ccc(O[B]O)cc2F)cc1. The van der Waals surface area contributed by atoms with Gasteiger partial charge in [-0.3, -0.25) is 0 Å². The smallest absolute Gasteiger partial charge is 0.537 e. The summed E-state index contributed by atoms with van der Waals surface area (Å²) in [6.07, 6.45) is 0.960. The van der Waals surface area contributed by atoms with Crippen molar-refractivity contribution in [2.24, 2.45) is 0 Å². The van der Waals surface area contributed by atoms with E-state index in [1.165, 1.54) is 11.6 Å². The topological polar surface area (TPSA) is 29.5 Å². The lowest BCUT2D eigenvalue weighted by Crippen LogP contribution is -2.00. The van der Waals surface area contributed by atoms with Gasteiger partial charge in [0.15, 0.2) is 0 Å². The second-order valence-corrected chi connectivity index (χ2v) is 3.92. The maximum atomic E-state index is 13.9. The monoisotopic (exact) mass is 243 g/mol. The molecule has 2 aromatic rings. The fourth-order valence-electron chi connectivity index (χ4n) is 1.78. The van der Waals surface area contributed by atoms with Crippen LogP contribution in [0.3, 0.4) is 0 Å². The molecule has 91 valence electrons. The van der Waals surface area contributed by atoms with Gasteiger partial charge in [-0.2, -0.15) is 0 Å². The third-order valence-electron chi connectivity index (χ3n) is 2.80. The van der Waals surface area contributed by atoms with Crippen LogP contribution in [0.1, 0.15) is 12.5 Å². The van der Waals surface area contributed by atoms with Crippen LogP contribution in [0.2, 0.25) is 0 Å². The molecule has 0 amide bonds. The summed E-state index contributed by atoms with van der Waals surface area (Å²) < 4.78 is 18.6. The van der Waals surface area contributed by atoms with Gasteiger partial charge in [0, 0.05) is 11.6 Å². The predicted molar refractivity (Wildman–Crippen MR) is 69.8 cm³/mol. The Kier molecular flexibility index (Phi) is 4.00. The lowest BCUT2D eigenvalue weighted by molar-refractivity contribution is 0.451. The number of aryl methyl sites for hydroxylation is 1. The average Bonchev–Trinajstić information content (AvgIpc) is 2.40. The highest BCUT2D eigenvalue weighted by Crippen LogP contribution is 2.26. The van der Waals surface area contributed by atoms with Crippen molar-refractivity contribution in [3.05, 3.63) is 53.8 Å². The van der Waals surface area contributed by atoms with Crippen LogP contribution < -0.4 is 4.65 Å². The molecule has 0 aromatic heterocycles. The summed E-state index contributed by atoms with van der Waals surface area (Å²) in [5.41, 5.74) is 2.56. The van der Waals surface area contributed by atoms with Crippen LogP contribution in [0, 0.1) is 5.82 Å². The summed E-state index contributed by atoms with van der Waals surface area (Å²) in [6.45, 7) is 2.08. The van der Waals surface area contributed by atoms with Crippen LogP contribution in [-0.4, -0.2) is 12.7 Å². The summed E-state index contributed by atoms with van der Waals surface area (Å²) in [7, 11) is 0.532. The van der Waals surface area contributed by atoms with E-state index in [1.807, 2.05) is 24.3 Å². The van der Waals surface area contributed by atoms with Gasteiger partial charge in [0.05, 0.1) is 0 Å². The van der Waals surface area contributed by atoms with Gasteiger partial charge in [-0.1, -0.05) is 31.2 Å². The van der Waals surface area contributed by atoms with E-state index in [1.54, 1.807) is 12.1 Å². The molecule has 0 saturated heterocycles. The van der Waals surface area contributed by atoms with Crippen molar-refractivity contribution in [2.75, 3.05) is 0 Å². The number of hydrogen-bond acceptors (Lipinski definition) is 2. The molecule has 1 radical (unpaired) electrons. The van der Waals surface area contributed by atoms with Crippen LogP contribution in [-0.2, 0) is 6.42 Å². The zero-order chi connectivity index (χ0) is 13.0. The Morgan fingerprint density at radius 2 is 1.89 bits per heavy atom. The molecular formula is C14H13BFO2. The lowest BCUT2D eigenvalue weighted by Gasteiger charge is -2.07. The van der Waals surface area contributed by atoms with Crippen LogP contribution in [0.15, 0.2) is 42.5 Å². The highest BCUT2D eigenvalue weighted by molar-refractivity contribution is 6.17. The van der Waals surface area contributed by atoms with Gasteiger partial charge >= 0.3 is 7.69 Å². The van der Waals surface area contributed by atoms with E-state index in [0.717, 1.165) is 12.0 Å². The van der Waals surface area contributed by atoms with Crippen molar-refractivity contribution in [3.8, 4) is 16.9 Å². The molecule has 0 aliphatic carbocycles. The van der Waals surface area contributed by atoms with Gasteiger partial charge < -0.3 is 9.68 Å². The molecule has 0 unspecified atom stereocenters. The van der Waals surface area contributed by atoms with Gasteiger partial charge in [-0.25, -0.2) is 4.39 Å². The van der Waals surface area contributed by atoms with Gasteiger partial charge in [0.2, 0.25) is 0 Å². The Morgan fingerprint density at radius 1 is 1.17 bits per heavy atom. The van der Waals surface area contributed by atoms with Crippen molar-refractivity contribution in [2.45, 2.75) is 13.3 Å². The number of rotatable bonds is 4. The third-order valence-corrected chi connectivity index (χ3v) is 2.80. The van der Waals surface area contributed by atoms with E-state index in [9.17, 15) is 4.39 Å². The minimum atomic E-state index is -0.376. The normalized spacial score (nSPS) is 10.2. The standard InChI is InChI=1S/C14H13BFO2/c1-2-10-3-5-11(6-4-10)13-8-7-12(18-15-17)9-14(13)16/h3-9,17H,2H2,1H3. The molecule has 18 heavy (non-hydrogen) atoms. The molecular weight excluding hydrogens is 230 g/mol. The summed E-state index contributed by atoms with van der Waals surface area (Å²) in [5, 5.41) is 8.48. The maximum absolute atomic E-state index is 13.9. The Bertz CT molecular complexity index is 526. The maximum Gasteiger partial charge on any atom is 0.569 e. The molecule has 0 aliphatic rings. The van der Waals surface area contributed by atoms with E-state index in [2.05, 4.69) is 6.92 Å². The summed E-state index contributed by atoms with van der Waals surface area (Å²) >= 11 is 0. The van der Waals surface area contributed by atoms with Gasteiger partial charge in [-0.15, -0.1) is 0 Å². The zero-order valence-corrected chi connectivity index (χ0v) is 10.1. The lowest BCUT2D eigenvalue weighted by atomic mass is 10.0. The first-order chi connectivity index (χ1) is 8.74. The first-order valence-electron chi connectivity index (χ1n) is 5.76. The molecule has 0 atom stereocenters. The Labute approximate surface area is 106 Å². The van der Waals surface area contributed by atoms with E-state index in [-0.39, 0.29) is 11.6 Å². The second kappa shape index (κ2) is 5.69. The first kappa shape index (κ1) is 12.6. The second-order valence-electron chi connectivity index (χ2n) is 3.92. The van der Waals surface area contributed by atoms with E-state index >= 15 is 0 Å². The van der Waals surface area contributed by atoms with Crippen LogP contribution in [0.25, 0.3) is 11.1 Å². The predicted octanol–water partition coefficient (Wildman–Crippen LogP) is 2.96. The fraction of sp³-hybridized carbons (Fsp3) is 0.143. The molecule has 0 saturated carbocycles. The number of hydrogen-bond donors (Lipinski definition) is 1. The van der Waals surface area contributed by atoms with Crippen molar-refractivity contribution in [3.63, 3.8) is 0 Å². The zero-order valence-electron chi connectivity index (χ0n) is 10.1. The molecule has 0 aliphatic heterocycles. The third kappa shape index (κ3) is 2.71. The molecule has 0 fully saturated rings. The largest absolute Gasteiger partial charge is 0.569 e. The van der Waals surface area contributed by atoms with Gasteiger partial charge in [-0.05, 0) is 29.7 Å². The van der Waals surface area contributed by atoms with E-state index in [0.29, 0.717) is 13.2 Å². The number of halogens is 1. The van der Waals surface area contributed by atoms with Gasteiger partial charge in [0.25, 0.3) is 0 Å². The van der Waals surface area contributed by atoms with Crippen molar-refractivity contribution in [1.29, 1.82) is 0 Å². The highest BCUT2D eigenvalue weighted by atomic mass is 19.1. The summed E-state index contributed by atoms with van der Waals surface area (Å²) in [6, 6.07) is 12.3. The van der Waals surface area contributed by atoms with Crippen LogP contribution in [0.4, 0.5) is 4.39 Å². The molecule has 0 spiro atoms. The van der Waals surface area contributed by atoms with Crippen molar-refractivity contribution in [1.82, 2.24) is 0 Å². The fourth-order valence-corrected chi connectivity index (χ4v) is 1.78. The molecule has 2 rings (SSSR count). The van der Waals surface area contributed by atoms with E-state index in [4.69, 9.17) is 9.68 Å². The Morgan fingerprint density at radius 3 is 2.44 bits per heavy atom. The molecule has 2 aromatic carbocycles. The van der Waals surface area contributed by atoms with Crippen LogP contribution in [0.5, 0.6) is 5.75 Å². The minimum absolute atomic E-state index is 0.268. The average molecular weight is 243 g/mol.